The molecule has 26 heavy (non-hydrogen) atoms. The minimum Gasteiger partial charge on any atom is -0.508 e. The Labute approximate surface area is 150 Å². The zero-order chi connectivity index (χ0) is 19.1. The molecule has 2 aromatic carbocycles. The topological polar surface area (TPSA) is 136 Å². The average molecular weight is 353 g/mol. The second-order valence-electron chi connectivity index (χ2n) is 5.08. The number of carbonyl (C=O) groups is 2. The molecule has 0 spiro atoms. The van der Waals surface area contributed by atoms with Crippen molar-refractivity contribution in [3.63, 3.8) is 0 Å². The molecule has 0 saturated carbocycles. The van der Waals surface area contributed by atoms with Crippen molar-refractivity contribution in [2.24, 2.45) is 11.5 Å². The number of hydrogen-bond acceptors (Lipinski definition) is 5. The molecule has 0 radical (unpaired) electrons. The van der Waals surface area contributed by atoms with E-state index in [1.165, 1.54) is 17.9 Å². The summed E-state index contributed by atoms with van der Waals surface area (Å²) in [6.45, 7) is 0. The van der Waals surface area contributed by atoms with Crippen LogP contribution in [-0.2, 0) is 0 Å². The highest BCUT2D eigenvalue weighted by molar-refractivity contribution is 5.93. The first-order valence-electron chi connectivity index (χ1n) is 7.65. The maximum absolute atomic E-state index is 11.1. The number of urea groups is 1. The first kappa shape index (κ1) is 18.7. The number of rotatable bonds is 4. The summed E-state index contributed by atoms with van der Waals surface area (Å²) in [6, 6.07) is 13.5. The van der Waals surface area contributed by atoms with Gasteiger partial charge in [0.25, 0.3) is 0 Å². The van der Waals surface area contributed by atoms with Crippen LogP contribution in [0.2, 0.25) is 0 Å². The number of phenolic OH excluding ortho intramolecular Hbond substituents is 1. The van der Waals surface area contributed by atoms with Gasteiger partial charge in [-0.15, -0.1) is 0 Å². The molecule has 134 valence electrons. The van der Waals surface area contributed by atoms with Crippen molar-refractivity contribution < 1.29 is 14.7 Å². The molecule has 0 aliphatic rings. The summed E-state index contributed by atoms with van der Waals surface area (Å²) < 4.78 is 1.47. The highest BCUT2D eigenvalue weighted by Gasteiger charge is 2.11. The van der Waals surface area contributed by atoms with Crippen LogP contribution in [0.15, 0.2) is 54.7 Å². The number of aromatic hydroxyl groups is 1. The van der Waals surface area contributed by atoms with E-state index in [-0.39, 0.29) is 17.1 Å². The van der Waals surface area contributed by atoms with E-state index in [2.05, 4.69) is 16.1 Å². The van der Waals surface area contributed by atoms with Gasteiger partial charge in [-0.25, -0.2) is 9.48 Å². The number of aldehydes is 1. The third kappa shape index (κ3) is 4.25. The second kappa shape index (κ2) is 8.45. The molecule has 0 bridgehead atoms. The van der Waals surface area contributed by atoms with Crippen molar-refractivity contribution in [2.45, 2.75) is 0 Å². The standard InChI is InChI=1S/C17H14N4O3.CH5N/c18-17(24)19-15-9-21(20-16(15)10-22)13-5-1-3-11(7-13)12-4-2-6-14(23)8-12;1-2/h1-10,23H,(H3,18,19,24);2H2,1H3. The molecule has 0 aliphatic carbocycles. The van der Waals surface area contributed by atoms with Crippen molar-refractivity contribution in [3.8, 4) is 22.6 Å². The molecule has 3 rings (SSSR count). The molecule has 0 saturated heterocycles. The van der Waals surface area contributed by atoms with Crippen LogP contribution in [0.3, 0.4) is 0 Å². The van der Waals surface area contributed by atoms with Gasteiger partial charge in [-0.05, 0) is 42.4 Å². The largest absolute Gasteiger partial charge is 0.508 e. The van der Waals surface area contributed by atoms with Crippen LogP contribution in [0.25, 0.3) is 16.8 Å². The Hall–Kier alpha value is -3.65. The van der Waals surface area contributed by atoms with E-state index < -0.39 is 6.03 Å². The van der Waals surface area contributed by atoms with Crippen molar-refractivity contribution in [2.75, 3.05) is 12.4 Å². The molecule has 1 heterocycles. The van der Waals surface area contributed by atoms with E-state index in [4.69, 9.17) is 5.73 Å². The summed E-state index contributed by atoms with van der Waals surface area (Å²) in [5.74, 6) is 0.174. The van der Waals surface area contributed by atoms with Crippen LogP contribution in [0.4, 0.5) is 10.5 Å². The summed E-state index contributed by atoms with van der Waals surface area (Å²) in [6.07, 6.45) is 2.05. The number of carbonyl (C=O) groups excluding carboxylic acids is 2. The fraction of sp³-hybridized carbons (Fsp3) is 0.0556. The molecule has 0 atom stereocenters. The van der Waals surface area contributed by atoms with Crippen LogP contribution in [0.1, 0.15) is 10.5 Å². The van der Waals surface area contributed by atoms with Gasteiger partial charge in [0.2, 0.25) is 0 Å². The van der Waals surface area contributed by atoms with Crippen LogP contribution >= 0.6 is 0 Å². The normalized spacial score (nSPS) is 9.77. The highest BCUT2D eigenvalue weighted by Crippen LogP contribution is 2.25. The number of nitrogens with one attached hydrogen (secondary N) is 1. The van der Waals surface area contributed by atoms with Crippen LogP contribution in [-0.4, -0.2) is 34.3 Å². The predicted octanol–water partition coefficient (Wildman–Crippen LogP) is 2.12. The van der Waals surface area contributed by atoms with Crippen molar-refractivity contribution in [1.82, 2.24) is 9.78 Å². The Morgan fingerprint density at radius 1 is 1.15 bits per heavy atom. The Balaban J connectivity index is 0.00000117. The third-order valence-electron chi connectivity index (χ3n) is 3.40. The Morgan fingerprint density at radius 3 is 2.42 bits per heavy atom. The van der Waals surface area contributed by atoms with Crippen LogP contribution < -0.4 is 16.8 Å². The highest BCUT2D eigenvalue weighted by atomic mass is 16.3. The number of hydrogen-bond donors (Lipinski definition) is 4. The Morgan fingerprint density at radius 2 is 1.81 bits per heavy atom. The van der Waals surface area contributed by atoms with E-state index in [1.807, 2.05) is 30.3 Å². The zero-order valence-electron chi connectivity index (χ0n) is 14.1. The maximum Gasteiger partial charge on any atom is 0.316 e. The van der Waals surface area contributed by atoms with Crippen molar-refractivity contribution >= 4 is 18.0 Å². The molecule has 0 aliphatic heterocycles. The smallest absolute Gasteiger partial charge is 0.316 e. The molecule has 2 amide bonds. The van der Waals surface area contributed by atoms with Gasteiger partial charge in [-0.1, -0.05) is 24.3 Å². The quantitative estimate of drug-likeness (QED) is 0.533. The Kier molecular flexibility index (Phi) is 6.07. The van der Waals surface area contributed by atoms with E-state index in [1.54, 1.807) is 18.2 Å². The zero-order valence-corrected chi connectivity index (χ0v) is 14.1. The van der Waals surface area contributed by atoms with Gasteiger partial charge in [-0.3, -0.25) is 4.79 Å². The average Bonchev–Trinajstić information content (AvgIpc) is 3.06. The minimum absolute atomic E-state index is 0.0801. The lowest BCUT2D eigenvalue weighted by atomic mass is 10.0. The third-order valence-corrected chi connectivity index (χ3v) is 3.40. The van der Waals surface area contributed by atoms with E-state index in [9.17, 15) is 14.7 Å². The molecule has 1 aromatic heterocycles. The monoisotopic (exact) mass is 353 g/mol. The van der Waals surface area contributed by atoms with Crippen molar-refractivity contribution in [1.29, 1.82) is 0 Å². The lowest BCUT2D eigenvalue weighted by Crippen LogP contribution is -2.19. The number of benzene rings is 2. The van der Waals surface area contributed by atoms with Gasteiger partial charge < -0.3 is 21.9 Å². The fourth-order valence-electron chi connectivity index (χ4n) is 2.35. The van der Waals surface area contributed by atoms with Gasteiger partial charge in [0.1, 0.15) is 11.4 Å². The minimum atomic E-state index is -0.772. The SMILES string of the molecule is CN.NC(=O)Nc1cn(-c2cccc(-c3cccc(O)c3)c2)nc1C=O. The fourth-order valence-corrected chi connectivity index (χ4v) is 2.35. The van der Waals surface area contributed by atoms with Gasteiger partial charge >= 0.3 is 6.03 Å². The summed E-state index contributed by atoms with van der Waals surface area (Å²) in [7, 11) is 1.50. The van der Waals surface area contributed by atoms with E-state index >= 15 is 0 Å². The maximum atomic E-state index is 11.1. The lowest BCUT2D eigenvalue weighted by Gasteiger charge is -2.06. The second-order valence-corrected chi connectivity index (χ2v) is 5.08. The number of primary amides is 1. The summed E-state index contributed by atoms with van der Waals surface area (Å²) in [4.78, 5) is 22.1. The molecule has 8 nitrogen and oxygen atoms in total. The number of nitrogens with two attached hydrogens (primary N) is 2. The van der Waals surface area contributed by atoms with E-state index in [0.29, 0.717) is 12.0 Å². The van der Waals surface area contributed by atoms with Crippen LogP contribution in [0, 0.1) is 0 Å². The Bertz CT molecular complexity index is 921. The van der Waals surface area contributed by atoms with Gasteiger partial charge in [0, 0.05) is 0 Å². The predicted molar refractivity (Wildman–Crippen MR) is 99.4 cm³/mol. The number of amides is 2. The number of nitrogens with zero attached hydrogens (tertiary/aromatic N) is 2. The summed E-state index contributed by atoms with van der Waals surface area (Å²) in [5, 5.41) is 16.1. The van der Waals surface area contributed by atoms with Crippen molar-refractivity contribution in [3.05, 3.63) is 60.4 Å². The number of anilines is 1. The first-order valence-corrected chi connectivity index (χ1v) is 7.65. The summed E-state index contributed by atoms with van der Waals surface area (Å²) in [5.41, 5.74) is 12.3. The molecule has 0 fully saturated rings. The molecule has 3 aromatic rings. The molecule has 6 N–H and O–H groups in total. The first-order chi connectivity index (χ1) is 12.6. The van der Waals surface area contributed by atoms with Gasteiger partial charge in [0.15, 0.2) is 6.29 Å². The number of phenols is 1. The van der Waals surface area contributed by atoms with Crippen LogP contribution in [0.5, 0.6) is 5.75 Å². The van der Waals surface area contributed by atoms with E-state index in [0.717, 1.165) is 11.1 Å². The lowest BCUT2D eigenvalue weighted by molar-refractivity contribution is 0.111. The number of aromatic nitrogens is 2. The molecule has 8 heteroatoms. The van der Waals surface area contributed by atoms with Gasteiger partial charge in [0.05, 0.1) is 17.6 Å². The van der Waals surface area contributed by atoms with Gasteiger partial charge in [-0.2, -0.15) is 5.10 Å². The molecular weight excluding hydrogens is 334 g/mol. The molecule has 0 unspecified atom stereocenters. The molecular formula is C18H19N5O3. The summed E-state index contributed by atoms with van der Waals surface area (Å²) >= 11 is 0.